The van der Waals surface area contributed by atoms with Gasteiger partial charge < -0.3 is 4.90 Å². The summed E-state index contributed by atoms with van der Waals surface area (Å²) in [6, 6.07) is 2.45. The molecule has 1 heterocycles. The molecule has 7 heteroatoms. The summed E-state index contributed by atoms with van der Waals surface area (Å²) in [7, 11) is 0. The van der Waals surface area contributed by atoms with Gasteiger partial charge in [-0.2, -0.15) is 13.2 Å². The molecule has 0 N–H and O–H groups in total. The van der Waals surface area contributed by atoms with Crippen LogP contribution in [0.3, 0.4) is 0 Å². The molecule has 0 spiro atoms. The van der Waals surface area contributed by atoms with Crippen LogP contribution < -0.4 is 4.90 Å². The van der Waals surface area contributed by atoms with E-state index in [1.54, 1.807) is 0 Å². The number of halogens is 4. The molecule has 0 bridgehead atoms. The second-order valence-electron chi connectivity index (χ2n) is 3.75. The highest BCUT2D eigenvalue weighted by atomic mass is 79.9. The molecule has 0 aliphatic heterocycles. The Morgan fingerprint density at radius 2 is 1.94 bits per heavy atom. The summed E-state index contributed by atoms with van der Waals surface area (Å²) in [4.78, 5) is 1.88. The first-order chi connectivity index (χ1) is 7.86. The van der Waals surface area contributed by atoms with Crippen LogP contribution in [0.25, 0.3) is 0 Å². The van der Waals surface area contributed by atoms with Gasteiger partial charge in [-0.15, -0.1) is 10.2 Å². The maximum Gasteiger partial charge on any atom is 0.435 e. The lowest BCUT2D eigenvalue weighted by Crippen LogP contribution is -2.33. The fraction of sp³-hybridized carbons (Fsp3) is 0.600. The Kier molecular flexibility index (Phi) is 4.73. The van der Waals surface area contributed by atoms with E-state index in [1.807, 2.05) is 18.7 Å². The smallest absolute Gasteiger partial charge is 0.352 e. The van der Waals surface area contributed by atoms with Gasteiger partial charge in [0.1, 0.15) is 0 Å². The quantitative estimate of drug-likeness (QED) is 0.800. The molecule has 0 fully saturated rings. The van der Waals surface area contributed by atoms with Crippen molar-refractivity contribution in [2.45, 2.75) is 26.1 Å². The van der Waals surface area contributed by atoms with E-state index in [-0.39, 0.29) is 6.04 Å². The number of rotatable bonds is 4. The number of nitrogens with zero attached hydrogens (tertiary/aromatic N) is 3. The van der Waals surface area contributed by atoms with Crippen molar-refractivity contribution in [2.75, 3.05) is 16.8 Å². The van der Waals surface area contributed by atoms with Crippen molar-refractivity contribution in [3.63, 3.8) is 0 Å². The van der Waals surface area contributed by atoms with Gasteiger partial charge >= 0.3 is 6.18 Å². The number of alkyl halides is 4. The van der Waals surface area contributed by atoms with Crippen LogP contribution in [0.2, 0.25) is 0 Å². The molecule has 1 aromatic heterocycles. The van der Waals surface area contributed by atoms with Crippen LogP contribution in [0.1, 0.15) is 19.5 Å². The van der Waals surface area contributed by atoms with E-state index in [0.29, 0.717) is 17.7 Å². The van der Waals surface area contributed by atoms with Crippen LogP contribution in [-0.4, -0.2) is 28.1 Å². The van der Waals surface area contributed by atoms with E-state index in [0.717, 1.165) is 6.07 Å². The van der Waals surface area contributed by atoms with Crippen molar-refractivity contribution in [3.05, 3.63) is 17.8 Å². The van der Waals surface area contributed by atoms with Gasteiger partial charge in [-0.25, -0.2) is 0 Å². The van der Waals surface area contributed by atoms with Crippen molar-refractivity contribution in [3.8, 4) is 0 Å². The van der Waals surface area contributed by atoms with Gasteiger partial charge in [0, 0.05) is 17.9 Å². The second kappa shape index (κ2) is 5.66. The van der Waals surface area contributed by atoms with Crippen LogP contribution in [-0.2, 0) is 6.18 Å². The predicted octanol–water partition coefficient (Wildman–Crippen LogP) is 3.11. The first-order valence-corrected chi connectivity index (χ1v) is 6.22. The van der Waals surface area contributed by atoms with Crippen molar-refractivity contribution < 1.29 is 13.2 Å². The largest absolute Gasteiger partial charge is 0.435 e. The van der Waals surface area contributed by atoms with Crippen molar-refractivity contribution in [1.82, 2.24) is 10.2 Å². The van der Waals surface area contributed by atoms with E-state index in [9.17, 15) is 13.2 Å². The van der Waals surface area contributed by atoms with Gasteiger partial charge in [-0.05, 0) is 26.0 Å². The van der Waals surface area contributed by atoms with Crippen molar-refractivity contribution in [2.24, 2.45) is 0 Å². The van der Waals surface area contributed by atoms with E-state index in [4.69, 9.17) is 0 Å². The second-order valence-corrected chi connectivity index (χ2v) is 4.54. The molecule has 0 amide bonds. The maximum absolute atomic E-state index is 12.3. The molecule has 1 aromatic rings. The third kappa shape index (κ3) is 3.83. The Labute approximate surface area is 106 Å². The number of hydrogen-bond donors (Lipinski definition) is 0. The summed E-state index contributed by atoms with van der Waals surface area (Å²) in [6.45, 7) is 4.56. The summed E-state index contributed by atoms with van der Waals surface area (Å²) < 4.78 is 36.9. The van der Waals surface area contributed by atoms with E-state index < -0.39 is 11.9 Å². The molecule has 0 aliphatic rings. The van der Waals surface area contributed by atoms with E-state index >= 15 is 0 Å². The van der Waals surface area contributed by atoms with Crippen LogP contribution >= 0.6 is 15.9 Å². The lowest BCUT2D eigenvalue weighted by atomic mass is 10.3. The van der Waals surface area contributed by atoms with Crippen molar-refractivity contribution >= 4 is 21.7 Å². The number of aromatic nitrogens is 2. The van der Waals surface area contributed by atoms with Gasteiger partial charge in [0.2, 0.25) is 0 Å². The summed E-state index contributed by atoms with van der Waals surface area (Å²) >= 11 is 3.29. The first kappa shape index (κ1) is 14.2. The highest BCUT2D eigenvalue weighted by Crippen LogP contribution is 2.27. The lowest BCUT2D eigenvalue weighted by molar-refractivity contribution is -0.141. The zero-order valence-corrected chi connectivity index (χ0v) is 11.1. The molecule has 0 saturated heterocycles. The molecular formula is C10H13BrF3N3. The minimum atomic E-state index is -4.44. The van der Waals surface area contributed by atoms with Gasteiger partial charge in [0.15, 0.2) is 11.5 Å². The van der Waals surface area contributed by atoms with Gasteiger partial charge in [0.25, 0.3) is 0 Å². The zero-order chi connectivity index (χ0) is 13.1. The SMILES string of the molecule is CC(C)N(CCBr)c1ccc(C(F)(F)F)nn1. The third-order valence-electron chi connectivity index (χ3n) is 2.18. The highest BCUT2D eigenvalue weighted by Gasteiger charge is 2.33. The predicted molar refractivity (Wildman–Crippen MR) is 63.3 cm³/mol. The summed E-state index contributed by atoms with van der Waals surface area (Å²) in [5, 5.41) is 7.54. The molecule has 0 atom stereocenters. The molecule has 17 heavy (non-hydrogen) atoms. The van der Waals surface area contributed by atoms with Gasteiger partial charge in [-0.1, -0.05) is 15.9 Å². The van der Waals surface area contributed by atoms with Gasteiger partial charge in [-0.3, -0.25) is 0 Å². The Balaban J connectivity index is 2.92. The van der Waals surface area contributed by atoms with Crippen LogP contribution in [0.5, 0.6) is 0 Å². The minimum absolute atomic E-state index is 0.151. The van der Waals surface area contributed by atoms with Crippen LogP contribution in [0.15, 0.2) is 12.1 Å². The average Bonchev–Trinajstić information content (AvgIpc) is 2.24. The fourth-order valence-electron chi connectivity index (χ4n) is 1.36. The molecule has 96 valence electrons. The molecule has 3 nitrogen and oxygen atoms in total. The third-order valence-corrected chi connectivity index (χ3v) is 2.54. The monoisotopic (exact) mass is 311 g/mol. The Bertz CT molecular complexity index is 351. The molecule has 0 radical (unpaired) electrons. The Hall–Kier alpha value is -0.850. The summed E-state index contributed by atoms with van der Waals surface area (Å²) in [5.41, 5.74) is -0.969. The van der Waals surface area contributed by atoms with E-state index in [2.05, 4.69) is 26.1 Å². The summed E-state index contributed by atoms with van der Waals surface area (Å²) in [6.07, 6.45) is -4.44. The molecule has 0 saturated carbocycles. The number of hydrogen-bond acceptors (Lipinski definition) is 3. The van der Waals surface area contributed by atoms with E-state index in [1.165, 1.54) is 6.07 Å². The van der Waals surface area contributed by atoms with Gasteiger partial charge in [0.05, 0.1) is 0 Å². The minimum Gasteiger partial charge on any atom is -0.352 e. The molecule has 1 rings (SSSR count). The van der Waals surface area contributed by atoms with Crippen LogP contribution in [0.4, 0.5) is 19.0 Å². The zero-order valence-electron chi connectivity index (χ0n) is 9.50. The first-order valence-electron chi connectivity index (χ1n) is 5.09. The maximum atomic E-state index is 12.3. The Morgan fingerprint density at radius 3 is 2.29 bits per heavy atom. The molecular weight excluding hydrogens is 299 g/mol. The summed E-state index contributed by atoms with van der Waals surface area (Å²) in [5.74, 6) is 0.451. The molecule has 0 aromatic carbocycles. The fourth-order valence-corrected chi connectivity index (χ4v) is 1.74. The normalized spacial score (nSPS) is 11.9. The van der Waals surface area contributed by atoms with Crippen LogP contribution in [0, 0.1) is 0 Å². The standard InChI is InChI=1S/C10H13BrF3N3/c1-7(2)17(6-5-11)9-4-3-8(15-16-9)10(12,13)14/h3-4,7H,5-6H2,1-2H3. The average molecular weight is 312 g/mol. The molecule has 0 unspecified atom stereocenters. The lowest BCUT2D eigenvalue weighted by Gasteiger charge is -2.26. The Morgan fingerprint density at radius 1 is 1.29 bits per heavy atom. The highest BCUT2D eigenvalue weighted by molar-refractivity contribution is 9.09. The number of anilines is 1. The van der Waals surface area contributed by atoms with Crippen molar-refractivity contribution in [1.29, 1.82) is 0 Å². The molecule has 0 aliphatic carbocycles. The topological polar surface area (TPSA) is 29.0 Å².